The van der Waals surface area contributed by atoms with Crippen molar-refractivity contribution in [2.24, 2.45) is 0 Å². The van der Waals surface area contributed by atoms with Gasteiger partial charge in [-0.15, -0.1) is 0 Å². The van der Waals surface area contributed by atoms with Crippen molar-refractivity contribution in [3.8, 4) is 11.5 Å². The number of nitrogens with zero attached hydrogens (tertiary/aromatic N) is 2. The largest absolute Gasteiger partial charge is 0.495 e. The molecule has 0 aliphatic carbocycles. The van der Waals surface area contributed by atoms with Gasteiger partial charge in [-0.2, -0.15) is 5.10 Å². The summed E-state index contributed by atoms with van der Waals surface area (Å²) < 4.78 is 44.6. The zero-order valence-corrected chi connectivity index (χ0v) is 17.0. The molecule has 0 unspecified atom stereocenters. The lowest BCUT2D eigenvalue weighted by molar-refractivity contribution is 0.331. The standard InChI is InChI=1S/C19H19N5O5S/c1-3-28-14-6-4-5-7-17(14)30(25,26)24-19-12-10-16(27-2)13(11-15(12)29-23-19)21-18-8-9-20-22-18/h4-11H,3H2,1-2H3,(H,23,24)(H2,20,21,22). The van der Waals surface area contributed by atoms with Gasteiger partial charge < -0.3 is 19.3 Å². The van der Waals surface area contributed by atoms with Crippen LogP contribution in [0.1, 0.15) is 6.92 Å². The van der Waals surface area contributed by atoms with Gasteiger partial charge in [0.25, 0.3) is 10.0 Å². The van der Waals surface area contributed by atoms with Gasteiger partial charge in [0.15, 0.2) is 11.4 Å². The van der Waals surface area contributed by atoms with Crippen molar-refractivity contribution < 1.29 is 22.4 Å². The molecule has 2 aromatic heterocycles. The van der Waals surface area contributed by atoms with Crippen LogP contribution >= 0.6 is 0 Å². The van der Waals surface area contributed by atoms with E-state index in [4.69, 9.17) is 14.0 Å². The minimum absolute atomic E-state index is 0.00694. The number of aromatic amines is 1. The maximum atomic E-state index is 12.9. The highest BCUT2D eigenvalue weighted by Gasteiger charge is 2.23. The minimum atomic E-state index is -3.97. The van der Waals surface area contributed by atoms with E-state index in [0.29, 0.717) is 34.8 Å². The summed E-state index contributed by atoms with van der Waals surface area (Å²) in [4.78, 5) is 0.00694. The molecule has 0 amide bonds. The van der Waals surface area contributed by atoms with Gasteiger partial charge in [-0.3, -0.25) is 9.82 Å². The molecule has 2 aromatic carbocycles. The molecular formula is C19H19N5O5S. The number of fused-ring (bicyclic) bond motifs is 1. The maximum absolute atomic E-state index is 12.9. The molecular weight excluding hydrogens is 410 g/mol. The van der Waals surface area contributed by atoms with Crippen molar-refractivity contribution in [1.29, 1.82) is 0 Å². The molecule has 156 valence electrons. The number of hydrogen-bond donors (Lipinski definition) is 3. The molecule has 0 atom stereocenters. The van der Waals surface area contributed by atoms with Crippen molar-refractivity contribution in [3.05, 3.63) is 48.7 Å². The molecule has 0 bridgehead atoms. The third-order valence-electron chi connectivity index (χ3n) is 4.23. The number of benzene rings is 2. The zero-order valence-electron chi connectivity index (χ0n) is 16.2. The Morgan fingerprint density at radius 3 is 2.73 bits per heavy atom. The third-order valence-corrected chi connectivity index (χ3v) is 5.61. The molecule has 0 aliphatic rings. The Bertz CT molecular complexity index is 1270. The summed E-state index contributed by atoms with van der Waals surface area (Å²) in [5, 5.41) is 14.1. The van der Waals surface area contributed by atoms with Crippen LogP contribution in [0, 0.1) is 0 Å². The van der Waals surface area contributed by atoms with Gasteiger partial charge in [0, 0.05) is 12.1 Å². The van der Waals surface area contributed by atoms with Gasteiger partial charge in [-0.25, -0.2) is 8.42 Å². The summed E-state index contributed by atoms with van der Waals surface area (Å²) in [6, 6.07) is 11.4. The highest BCUT2D eigenvalue weighted by Crippen LogP contribution is 2.36. The van der Waals surface area contributed by atoms with Gasteiger partial charge in [0.2, 0.25) is 0 Å². The molecule has 4 aromatic rings. The van der Waals surface area contributed by atoms with E-state index in [0.717, 1.165) is 0 Å². The van der Waals surface area contributed by atoms with E-state index in [1.165, 1.54) is 13.2 Å². The number of ether oxygens (including phenoxy) is 2. The van der Waals surface area contributed by atoms with Gasteiger partial charge in [0.05, 0.1) is 31.0 Å². The Morgan fingerprint density at radius 1 is 1.17 bits per heavy atom. The molecule has 4 rings (SSSR count). The number of nitrogens with one attached hydrogen (secondary N) is 3. The lowest BCUT2D eigenvalue weighted by atomic mass is 10.2. The highest BCUT2D eigenvalue weighted by molar-refractivity contribution is 7.92. The molecule has 0 radical (unpaired) electrons. The monoisotopic (exact) mass is 429 g/mol. The predicted molar refractivity (Wildman–Crippen MR) is 111 cm³/mol. The second-order valence-electron chi connectivity index (χ2n) is 6.16. The summed E-state index contributed by atoms with van der Waals surface area (Å²) >= 11 is 0. The number of methoxy groups -OCH3 is 1. The Morgan fingerprint density at radius 2 is 2.00 bits per heavy atom. The molecule has 0 spiro atoms. The number of H-pyrrole nitrogens is 1. The Kier molecular flexibility index (Phi) is 5.19. The molecule has 2 heterocycles. The van der Waals surface area contributed by atoms with Crippen molar-refractivity contribution in [1.82, 2.24) is 15.4 Å². The fourth-order valence-electron chi connectivity index (χ4n) is 2.90. The van der Waals surface area contributed by atoms with Crippen molar-refractivity contribution in [3.63, 3.8) is 0 Å². The van der Waals surface area contributed by atoms with Crippen LogP contribution in [-0.4, -0.2) is 37.5 Å². The van der Waals surface area contributed by atoms with Crippen LogP contribution in [0.3, 0.4) is 0 Å². The van der Waals surface area contributed by atoms with Crippen molar-refractivity contribution in [2.75, 3.05) is 23.8 Å². The van der Waals surface area contributed by atoms with E-state index in [1.807, 2.05) is 0 Å². The third kappa shape index (κ3) is 3.74. The van der Waals surface area contributed by atoms with Crippen LogP contribution in [0.4, 0.5) is 17.3 Å². The molecule has 0 saturated heterocycles. The predicted octanol–water partition coefficient (Wildman–Crippen LogP) is 3.50. The number of anilines is 3. The lowest BCUT2D eigenvalue weighted by Gasteiger charge is -2.12. The first-order valence-electron chi connectivity index (χ1n) is 9.00. The van der Waals surface area contributed by atoms with Crippen LogP contribution in [0.2, 0.25) is 0 Å². The summed E-state index contributed by atoms with van der Waals surface area (Å²) in [6.45, 7) is 2.12. The van der Waals surface area contributed by atoms with E-state index in [-0.39, 0.29) is 16.5 Å². The van der Waals surface area contributed by atoms with Crippen LogP contribution in [0.15, 0.2) is 58.1 Å². The molecule has 0 saturated carbocycles. The Hall–Kier alpha value is -3.73. The molecule has 0 aliphatic heterocycles. The first-order chi connectivity index (χ1) is 14.5. The van der Waals surface area contributed by atoms with Crippen LogP contribution in [0.5, 0.6) is 11.5 Å². The molecule has 3 N–H and O–H groups in total. The summed E-state index contributed by atoms with van der Waals surface area (Å²) in [6.07, 6.45) is 1.61. The fraction of sp³-hybridized carbons (Fsp3) is 0.158. The second kappa shape index (κ2) is 7.95. The summed E-state index contributed by atoms with van der Waals surface area (Å²) in [5.74, 6) is 1.42. The summed E-state index contributed by atoms with van der Waals surface area (Å²) in [5.41, 5.74) is 0.968. The molecule has 10 nitrogen and oxygen atoms in total. The molecule has 0 fully saturated rings. The number of rotatable bonds is 8. The van der Waals surface area contributed by atoms with E-state index in [9.17, 15) is 8.42 Å². The van der Waals surface area contributed by atoms with Crippen LogP contribution < -0.4 is 19.5 Å². The quantitative estimate of drug-likeness (QED) is 0.388. The van der Waals surface area contributed by atoms with E-state index < -0.39 is 10.0 Å². The molecule has 11 heteroatoms. The topological polar surface area (TPSA) is 131 Å². The van der Waals surface area contributed by atoms with Crippen molar-refractivity contribution >= 4 is 38.3 Å². The average Bonchev–Trinajstić information content (AvgIpc) is 3.38. The van der Waals surface area contributed by atoms with Gasteiger partial charge >= 0.3 is 0 Å². The highest BCUT2D eigenvalue weighted by atomic mass is 32.2. The fourth-order valence-corrected chi connectivity index (χ4v) is 4.07. The number of hydrogen-bond acceptors (Lipinski definition) is 8. The normalized spacial score (nSPS) is 11.4. The first-order valence-corrected chi connectivity index (χ1v) is 10.5. The number of aromatic nitrogens is 3. The van der Waals surface area contributed by atoms with Crippen LogP contribution in [-0.2, 0) is 10.0 Å². The van der Waals surface area contributed by atoms with Gasteiger partial charge in [-0.1, -0.05) is 17.3 Å². The average molecular weight is 429 g/mol. The van der Waals surface area contributed by atoms with E-state index in [2.05, 4.69) is 25.4 Å². The van der Waals surface area contributed by atoms with E-state index in [1.54, 1.807) is 49.5 Å². The number of sulfonamides is 1. The molecule has 30 heavy (non-hydrogen) atoms. The smallest absolute Gasteiger partial charge is 0.266 e. The zero-order chi connectivity index (χ0) is 21.1. The van der Waals surface area contributed by atoms with E-state index >= 15 is 0 Å². The van der Waals surface area contributed by atoms with Gasteiger partial charge in [0.1, 0.15) is 22.2 Å². The first kappa shape index (κ1) is 19.6. The Balaban J connectivity index is 1.70. The Labute approximate surface area is 172 Å². The SMILES string of the molecule is CCOc1ccccc1S(=O)(=O)Nc1noc2cc(Nc3ccn[nH]3)c(OC)cc12. The van der Waals surface area contributed by atoms with Gasteiger partial charge in [-0.05, 0) is 25.1 Å². The minimum Gasteiger partial charge on any atom is -0.495 e. The van der Waals surface area contributed by atoms with Crippen molar-refractivity contribution in [2.45, 2.75) is 11.8 Å². The number of para-hydroxylation sites is 1. The summed E-state index contributed by atoms with van der Waals surface area (Å²) in [7, 11) is -2.46. The second-order valence-corrected chi connectivity index (χ2v) is 7.81. The lowest BCUT2D eigenvalue weighted by Crippen LogP contribution is -2.14. The maximum Gasteiger partial charge on any atom is 0.266 e. The van der Waals surface area contributed by atoms with Crippen LogP contribution in [0.25, 0.3) is 11.0 Å².